The van der Waals surface area contributed by atoms with Crippen LogP contribution in [0.1, 0.15) is 26.2 Å². The predicted molar refractivity (Wildman–Crippen MR) is 49.0 cm³/mol. The molecule has 1 fully saturated rings. The molecular formula is C9H16F2N2O. The average Bonchev–Trinajstić information content (AvgIpc) is 2.01. The van der Waals surface area contributed by atoms with E-state index in [1.807, 2.05) is 0 Å². The first-order valence-corrected chi connectivity index (χ1v) is 4.80. The third-order valence-electron chi connectivity index (χ3n) is 2.27. The van der Waals surface area contributed by atoms with Gasteiger partial charge in [0.15, 0.2) is 0 Å². The summed E-state index contributed by atoms with van der Waals surface area (Å²) in [6.07, 6.45) is 0.966. The fourth-order valence-electron chi connectivity index (χ4n) is 1.61. The second-order valence-corrected chi connectivity index (χ2v) is 3.99. The fourth-order valence-corrected chi connectivity index (χ4v) is 1.61. The number of piperidine rings is 1. The lowest BCUT2D eigenvalue weighted by Gasteiger charge is -2.31. The highest BCUT2D eigenvalue weighted by molar-refractivity contribution is 5.77. The van der Waals surface area contributed by atoms with Crippen molar-refractivity contribution in [2.24, 2.45) is 5.73 Å². The number of hydrogen-bond donors (Lipinski definition) is 1. The van der Waals surface area contributed by atoms with Crippen molar-refractivity contribution in [3.05, 3.63) is 0 Å². The molecule has 2 N–H and O–H groups in total. The second-order valence-electron chi connectivity index (χ2n) is 3.99. The highest BCUT2D eigenvalue weighted by Gasteiger charge is 2.30. The first kappa shape index (κ1) is 11.4. The van der Waals surface area contributed by atoms with E-state index in [4.69, 9.17) is 5.73 Å². The zero-order valence-corrected chi connectivity index (χ0v) is 8.30. The Labute approximate surface area is 82.2 Å². The Kier molecular flexibility index (Phi) is 3.42. The van der Waals surface area contributed by atoms with Gasteiger partial charge in [-0.25, -0.2) is 8.78 Å². The number of nitrogens with zero attached hydrogens (tertiary/aromatic N) is 1. The molecule has 0 radical (unpaired) electrons. The Morgan fingerprint density at radius 1 is 1.64 bits per heavy atom. The molecule has 82 valence electrons. The van der Waals surface area contributed by atoms with Crippen molar-refractivity contribution in [2.45, 2.75) is 38.2 Å². The summed E-state index contributed by atoms with van der Waals surface area (Å²) in [4.78, 5) is 12.8. The van der Waals surface area contributed by atoms with Gasteiger partial charge in [0.05, 0.1) is 6.42 Å². The molecule has 1 atom stereocenters. The molecule has 0 aromatic carbocycles. The minimum Gasteiger partial charge on any atom is -0.341 e. The number of nitrogens with two attached hydrogens (primary N) is 1. The number of carbonyl (C=O) groups is 1. The van der Waals surface area contributed by atoms with E-state index in [0.717, 1.165) is 19.8 Å². The van der Waals surface area contributed by atoms with Crippen molar-refractivity contribution >= 4 is 5.91 Å². The highest BCUT2D eigenvalue weighted by atomic mass is 19.3. The van der Waals surface area contributed by atoms with Gasteiger partial charge in [0, 0.05) is 19.1 Å². The normalized spacial score (nSPS) is 23.7. The molecule has 1 heterocycles. The van der Waals surface area contributed by atoms with Gasteiger partial charge in [-0.05, 0) is 19.8 Å². The smallest absolute Gasteiger partial charge is 0.254 e. The maximum Gasteiger partial charge on any atom is 0.254 e. The van der Waals surface area contributed by atoms with Gasteiger partial charge < -0.3 is 10.6 Å². The quantitative estimate of drug-likeness (QED) is 0.732. The van der Waals surface area contributed by atoms with Gasteiger partial charge in [0.25, 0.3) is 5.92 Å². The molecule has 1 rings (SSSR count). The molecule has 0 saturated carbocycles. The summed E-state index contributed by atoms with van der Waals surface area (Å²) in [7, 11) is 0. The summed E-state index contributed by atoms with van der Waals surface area (Å²) in [6, 6.07) is -0.0572. The summed E-state index contributed by atoms with van der Waals surface area (Å²) in [6.45, 7) is 1.73. The van der Waals surface area contributed by atoms with E-state index >= 15 is 0 Å². The Bertz CT molecular complexity index is 215. The lowest BCUT2D eigenvalue weighted by atomic mass is 10.1. The van der Waals surface area contributed by atoms with E-state index in [1.54, 1.807) is 0 Å². The lowest BCUT2D eigenvalue weighted by molar-refractivity contribution is -0.138. The van der Waals surface area contributed by atoms with Crippen LogP contribution in [0.3, 0.4) is 0 Å². The van der Waals surface area contributed by atoms with Crippen LogP contribution < -0.4 is 5.73 Å². The Balaban J connectivity index is 2.44. The summed E-state index contributed by atoms with van der Waals surface area (Å²) in [5, 5.41) is 0. The van der Waals surface area contributed by atoms with E-state index < -0.39 is 18.3 Å². The molecule has 1 aliphatic rings. The van der Waals surface area contributed by atoms with Crippen LogP contribution in [-0.4, -0.2) is 35.9 Å². The minimum atomic E-state index is -2.92. The summed E-state index contributed by atoms with van der Waals surface area (Å²) in [5.74, 6) is -3.41. The van der Waals surface area contributed by atoms with Crippen LogP contribution in [0.25, 0.3) is 0 Å². The molecule has 3 nitrogen and oxygen atoms in total. The maximum atomic E-state index is 12.5. The number of alkyl halides is 2. The molecule has 1 unspecified atom stereocenters. The number of halogens is 2. The van der Waals surface area contributed by atoms with Crippen molar-refractivity contribution in [3.63, 3.8) is 0 Å². The fraction of sp³-hybridized carbons (Fsp3) is 0.889. The molecule has 14 heavy (non-hydrogen) atoms. The van der Waals surface area contributed by atoms with E-state index in [2.05, 4.69) is 0 Å². The van der Waals surface area contributed by atoms with Crippen LogP contribution in [0, 0.1) is 0 Å². The van der Waals surface area contributed by atoms with Crippen LogP contribution in [0.4, 0.5) is 8.78 Å². The molecule has 0 bridgehead atoms. The van der Waals surface area contributed by atoms with Gasteiger partial charge in [0.1, 0.15) is 0 Å². The number of likely N-dealkylation sites (tertiary alicyclic amines) is 1. The third-order valence-corrected chi connectivity index (χ3v) is 2.27. The highest BCUT2D eigenvalue weighted by Crippen LogP contribution is 2.19. The van der Waals surface area contributed by atoms with Crippen LogP contribution >= 0.6 is 0 Å². The Hall–Kier alpha value is -0.710. The SMILES string of the molecule is CC(F)(F)CC(=O)N1CCCC(N)C1. The van der Waals surface area contributed by atoms with Crippen molar-refractivity contribution in [1.82, 2.24) is 4.90 Å². The average molecular weight is 206 g/mol. The van der Waals surface area contributed by atoms with Gasteiger partial charge in [-0.2, -0.15) is 0 Å². The molecule has 0 aliphatic carbocycles. The Morgan fingerprint density at radius 2 is 2.29 bits per heavy atom. The number of carbonyl (C=O) groups excluding carboxylic acids is 1. The monoisotopic (exact) mass is 206 g/mol. The van der Waals surface area contributed by atoms with Gasteiger partial charge >= 0.3 is 0 Å². The molecule has 5 heteroatoms. The van der Waals surface area contributed by atoms with E-state index in [-0.39, 0.29) is 6.04 Å². The molecule has 0 aromatic heterocycles. The third kappa shape index (κ3) is 3.57. The molecule has 0 spiro atoms. The zero-order chi connectivity index (χ0) is 10.8. The first-order valence-electron chi connectivity index (χ1n) is 4.80. The van der Waals surface area contributed by atoms with Crippen molar-refractivity contribution in [2.75, 3.05) is 13.1 Å². The zero-order valence-electron chi connectivity index (χ0n) is 8.30. The van der Waals surface area contributed by atoms with E-state index in [9.17, 15) is 13.6 Å². The van der Waals surface area contributed by atoms with Crippen molar-refractivity contribution < 1.29 is 13.6 Å². The molecule has 1 amide bonds. The van der Waals surface area contributed by atoms with E-state index in [0.29, 0.717) is 13.1 Å². The maximum absolute atomic E-state index is 12.5. The summed E-state index contributed by atoms with van der Waals surface area (Å²) >= 11 is 0. The van der Waals surface area contributed by atoms with Gasteiger partial charge in [-0.15, -0.1) is 0 Å². The molecule has 1 aliphatic heterocycles. The molecule has 1 saturated heterocycles. The predicted octanol–water partition coefficient (Wildman–Crippen LogP) is 0.981. The number of amides is 1. The standard InChI is InChI=1S/C9H16F2N2O/c1-9(10,11)5-8(14)13-4-2-3-7(12)6-13/h7H,2-6,12H2,1H3. The van der Waals surface area contributed by atoms with Crippen LogP contribution in [0.5, 0.6) is 0 Å². The second kappa shape index (κ2) is 4.21. The van der Waals surface area contributed by atoms with Crippen LogP contribution in [0.2, 0.25) is 0 Å². The topological polar surface area (TPSA) is 46.3 Å². The van der Waals surface area contributed by atoms with Crippen LogP contribution in [0.15, 0.2) is 0 Å². The molecular weight excluding hydrogens is 190 g/mol. The first-order chi connectivity index (χ1) is 6.38. The summed E-state index contributed by atoms with van der Waals surface area (Å²) < 4.78 is 25.1. The Morgan fingerprint density at radius 3 is 2.79 bits per heavy atom. The minimum absolute atomic E-state index is 0.0572. The molecule has 0 aromatic rings. The number of hydrogen-bond acceptors (Lipinski definition) is 2. The number of rotatable bonds is 2. The van der Waals surface area contributed by atoms with Gasteiger partial charge in [0.2, 0.25) is 5.91 Å². The van der Waals surface area contributed by atoms with Crippen molar-refractivity contribution in [1.29, 1.82) is 0 Å². The lowest BCUT2D eigenvalue weighted by Crippen LogP contribution is -2.46. The van der Waals surface area contributed by atoms with Crippen LogP contribution in [-0.2, 0) is 4.79 Å². The van der Waals surface area contributed by atoms with Gasteiger partial charge in [-0.3, -0.25) is 4.79 Å². The van der Waals surface area contributed by atoms with E-state index in [1.165, 1.54) is 4.90 Å². The summed E-state index contributed by atoms with van der Waals surface area (Å²) in [5.41, 5.74) is 5.65. The van der Waals surface area contributed by atoms with Crippen molar-refractivity contribution in [3.8, 4) is 0 Å². The van der Waals surface area contributed by atoms with Gasteiger partial charge in [-0.1, -0.05) is 0 Å². The largest absolute Gasteiger partial charge is 0.341 e.